The summed E-state index contributed by atoms with van der Waals surface area (Å²) in [6.07, 6.45) is 3.37. The topological polar surface area (TPSA) is 56.7 Å². The Bertz CT molecular complexity index is 1070. The third kappa shape index (κ3) is 3.91. The zero-order chi connectivity index (χ0) is 18.8. The first kappa shape index (κ1) is 17.8. The molecule has 0 bridgehead atoms. The van der Waals surface area contributed by atoms with Crippen LogP contribution in [-0.4, -0.2) is 19.7 Å². The number of thioether (sulfide) groups is 1. The van der Waals surface area contributed by atoms with E-state index in [-0.39, 0.29) is 0 Å². The molecule has 27 heavy (non-hydrogen) atoms. The molecule has 0 aliphatic rings. The van der Waals surface area contributed by atoms with Crippen LogP contribution < -0.4 is 0 Å². The van der Waals surface area contributed by atoms with Crippen molar-refractivity contribution in [1.29, 1.82) is 0 Å². The Hall–Kier alpha value is -2.57. The highest BCUT2D eigenvalue weighted by Crippen LogP contribution is 2.27. The fourth-order valence-corrected chi connectivity index (χ4v) is 3.55. The molecule has 0 aliphatic heterocycles. The fourth-order valence-electron chi connectivity index (χ4n) is 2.57. The molecule has 0 fully saturated rings. The van der Waals surface area contributed by atoms with Crippen LogP contribution in [0.3, 0.4) is 0 Å². The van der Waals surface area contributed by atoms with Crippen molar-refractivity contribution in [2.75, 3.05) is 0 Å². The number of hydrogen-bond acceptors (Lipinski definition) is 5. The van der Waals surface area contributed by atoms with E-state index in [9.17, 15) is 0 Å². The quantitative estimate of drug-likeness (QED) is 0.418. The minimum absolute atomic E-state index is 0.623. The molecule has 7 heteroatoms. The first-order valence-corrected chi connectivity index (χ1v) is 9.77. The van der Waals surface area contributed by atoms with Crippen molar-refractivity contribution in [3.05, 3.63) is 76.9 Å². The molecule has 2 aromatic heterocycles. The lowest BCUT2D eigenvalue weighted by molar-refractivity contribution is 0.573. The molecule has 0 saturated carbocycles. The van der Waals surface area contributed by atoms with Gasteiger partial charge in [-0.05, 0) is 43.7 Å². The Labute approximate surface area is 166 Å². The Morgan fingerprint density at radius 1 is 1.11 bits per heavy atom. The van der Waals surface area contributed by atoms with Gasteiger partial charge in [0, 0.05) is 16.3 Å². The summed E-state index contributed by atoms with van der Waals surface area (Å²) in [6, 6.07) is 14.0. The van der Waals surface area contributed by atoms with Gasteiger partial charge in [0.2, 0.25) is 5.89 Å². The molecular formula is C20H17ClN4OS. The predicted molar refractivity (Wildman–Crippen MR) is 107 cm³/mol. The number of nitrogens with zero attached hydrogens (tertiary/aromatic N) is 4. The van der Waals surface area contributed by atoms with Crippen LogP contribution in [0.15, 0.2) is 64.6 Å². The summed E-state index contributed by atoms with van der Waals surface area (Å²) in [7, 11) is 0. The van der Waals surface area contributed by atoms with Crippen LogP contribution in [0.4, 0.5) is 0 Å². The van der Waals surface area contributed by atoms with Crippen molar-refractivity contribution in [3.8, 4) is 17.1 Å². The average molecular weight is 397 g/mol. The van der Waals surface area contributed by atoms with Gasteiger partial charge in [0.1, 0.15) is 12.6 Å². The highest BCUT2D eigenvalue weighted by molar-refractivity contribution is 7.98. The molecule has 0 unspecified atom stereocenters. The van der Waals surface area contributed by atoms with Crippen LogP contribution in [0.1, 0.15) is 16.8 Å². The van der Waals surface area contributed by atoms with Crippen molar-refractivity contribution in [2.24, 2.45) is 0 Å². The second-order valence-electron chi connectivity index (χ2n) is 6.22. The zero-order valence-corrected chi connectivity index (χ0v) is 16.5. The van der Waals surface area contributed by atoms with Gasteiger partial charge in [0.05, 0.1) is 11.4 Å². The van der Waals surface area contributed by atoms with Gasteiger partial charge >= 0.3 is 0 Å². The molecule has 0 amide bonds. The molecule has 4 aromatic rings. The van der Waals surface area contributed by atoms with E-state index in [0.717, 1.165) is 32.7 Å². The molecule has 4 rings (SSSR count). The van der Waals surface area contributed by atoms with Crippen LogP contribution >= 0.6 is 23.4 Å². The Morgan fingerprint density at radius 2 is 1.93 bits per heavy atom. The maximum absolute atomic E-state index is 6.24. The van der Waals surface area contributed by atoms with Gasteiger partial charge < -0.3 is 4.42 Å². The zero-order valence-electron chi connectivity index (χ0n) is 14.9. The van der Waals surface area contributed by atoms with Gasteiger partial charge in [-0.3, -0.25) is 4.57 Å². The van der Waals surface area contributed by atoms with Gasteiger partial charge in [0.25, 0.3) is 0 Å². The third-order valence-corrected chi connectivity index (χ3v) is 5.53. The van der Waals surface area contributed by atoms with Crippen LogP contribution in [0, 0.1) is 13.8 Å². The molecule has 0 aliphatic carbocycles. The van der Waals surface area contributed by atoms with Gasteiger partial charge in [-0.2, -0.15) is 0 Å². The Kier molecular flexibility index (Phi) is 5.01. The molecule has 2 heterocycles. The molecule has 0 saturated heterocycles. The second kappa shape index (κ2) is 7.58. The minimum atomic E-state index is 0.623. The number of rotatable bonds is 5. The fraction of sp³-hybridized carbons (Fsp3) is 0.150. The number of halogens is 1. The van der Waals surface area contributed by atoms with E-state index >= 15 is 0 Å². The molecule has 0 spiro atoms. The first-order chi connectivity index (χ1) is 13.1. The van der Waals surface area contributed by atoms with Gasteiger partial charge in [-0.25, -0.2) is 4.98 Å². The van der Waals surface area contributed by atoms with E-state index in [1.54, 1.807) is 24.4 Å². The summed E-state index contributed by atoms with van der Waals surface area (Å²) in [6.45, 7) is 4.03. The largest absolute Gasteiger partial charge is 0.444 e. The molecule has 5 nitrogen and oxygen atoms in total. The minimum Gasteiger partial charge on any atom is -0.444 e. The number of hydrogen-bond donors (Lipinski definition) is 0. The van der Waals surface area contributed by atoms with Crippen molar-refractivity contribution >= 4 is 23.4 Å². The van der Waals surface area contributed by atoms with Crippen molar-refractivity contribution in [1.82, 2.24) is 19.7 Å². The molecule has 2 aromatic carbocycles. The maximum atomic E-state index is 6.24. The molecule has 0 N–H and O–H groups in total. The number of oxazole rings is 1. The molecule has 136 valence electrons. The van der Waals surface area contributed by atoms with E-state index in [0.29, 0.717) is 11.6 Å². The number of aryl methyl sites for hydroxylation is 2. The van der Waals surface area contributed by atoms with Gasteiger partial charge in [0.15, 0.2) is 5.16 Å². The Morgan fingerprint density at radius 3 is 2.70 bits per heavy atom. The van der Waals surface area contributed by atoms with Gasteiger partial charge in [-0.15, -0.1) is 10.2 Å². The summed E-state index contributed by atoms with van der Waals surface area (Å²) in [5, 5.41) is 9.73. The van der Waals surface area contributed by atoms with E-state index in [1.807, 2.05) is 54.0 Å². The maximum Gasteiger partial charge on any atom is 0.226 e. The lowest BCUT2D eigenvalue weighted by Gasteiger charge is -2.07. The number of benzene rings is 2. The third-order valence-electron chi connectivity index (χ3n) is 4.15. The number of aromatic nitrogens is 4. The standard InChI is InChI=1S/C20H17ClN4OS/c1-13-3-6-15(7-4-13)19-23-16(10-26-19)11-27-20-24-22-12-25(20)17-8-5-14(2)18(21)9-17/h3-10,12H,11H2,1-2H3. The summed E-state index contributed by atoms with van der Waals surface area (Å²) in [5.41, 5.74) is 4.99. The average Bonchev–Trinajstić information content (AvgIpc) is 3.32. The summed E-state index contributed by atoms with van der Waals surface area (Å²) >= 11 is 7.79. The lowest BCUT2D eigenvalue weighted by Crippen LogP contribution is -1.96. The van der Waals surface area contributed by atoms with Crippen molar-refractivity contribution in [3.63, 3.8) is 0 Å². The molecule has 0 radical (unpaired) electrons. The Balaban J connectivity index is 1.49. The van der Waals surface area contributed by atoms with E-state index in [1.165, 1.54) is 5.56 Å². The summed E-state index contributed by atoms with van der Waals surface area (Å²) in [5.74, 6) is 1.26. The summed E-state index contributed by atoms with van der Waals surface area (Å²) in [4.78, 5) is 4.57. The van der Waals surface area contributed by atoms with E-state index < -0.39 is 0 Å². The van der Waals surface area contributed by atoms with Crippen molar-refractivity contribution in [2.45, 2.75) is 24.8 Å². The smallest absolute Gasteiger partial charge is 0.226 e. The SMILES string of the molecule is Cc1ccc(-c2nc(CSc3nncn3-c3ccc(C)c(Cl)c3)co2)cc1. The van der Waals surface area contributed by atoms with Crippen LogP contribution in [-0.2, 0) is 5.75 Å². The monoisotopic (exact) mass is 396 g/mol. The highest BCUT2D eigenvalue weighted by atomic mass is 35.5. The molecular weight excluding hydrogens is 380 g/mol. The van der Waals surface area contributed by atoms with E-state index in [2.05, 4.69) is 22.1 Å². The lowest BCUT2D eigenvalue weighted by atomic mass is 10.1. The van der Waals surface area contributed by atoms with Gasteiger partial charge in [-0.1, -0.05) is 47.1 Å². The normalized spacial score (nSPS) is 11.1. The van der Waals surface area contributed by atoms with Crippen LogP contribution in [0.2, 0.25) is 5.02 Å². The second-order valence-corrected chi connectivity index (χ2v) is 7.57. The molecule has 0 atom stereocenters. The predicted octanol–water partition coefficient (Wildman–Crippen LogP) is 5.48. The van der Waals surface area contributed by atoms with Crippen LogP contribution in [0.25, 0.3) is 17.1 Å². The van der Waals surface area contributed by atoms with Crippen LogP contribution in [0.5, 0.6) is 0 Å². The van der Waals surface area contributed by atoms with E-state index in [4.69, 9.17) is 16.0 Å². The summed E-state index contributed by atoms with van der Waals surface area (Å²) < 4.78 is 7.53. The first-order valence-electron chi connectivity index (χ1n) is 8.41. The van der Waals surface area contributed by atoms with Crippen molar-refractivity contribution < 1.29 is 4.42 Å². The highest BCUT2D eigenvalue weighted by Gasteiger charge is 2.11.